The van der Waals surface area contributed by atoms with E-state index >= 15 is 0 Å². The van der Waals surface area contributed by atoms with Gasteiger partial charge in [-0.2, -0.15) is 0 Å². The molecule has 5 aliphatic rings. The lowest BCUT2D eigenvalue weighted by Gasteiger charge is -2.81. The van der Waals surface area contributed by atoms with Crippen LogP contribution in [0.5, 0.6) is 0 Å². The number of rotatable bonds is 0. The van der Waals surface area contributed by atoms with Crippen molar-refractivity contribution in [3.8, 4) is 0 Å². The maximum Gasteiger partial charge on any atom is 0.145 e. The molecule has 5 aliphatic carbocycles. The molecule has 0 heterocycles. The number of Topliss-reactive ketones (excluding diaryl/α,β-unsaturated/α-hetero) is 1. The van der Waals surface area contributed by atoms with Crippen molar-refractivity contribution in [3.05, 3.63) is 0 Å². The van der Waals surface area contributed by atoms with Gasteiger partial charge >= 0.3 is 0 Å². The highest BCUT2D eigenvalue weighted by Crippen LogP contribution is 2.83. The average Bonchev–Trinajstić information content (AvgIpc) is 2.12. The van der Waals surface area contributed by atoms with Gasteiger partial charge in [-0.05, 0) is 36.0 Å². The molecule has 1 unspecified atom stereocenters. The Morgan fingerprint density at radius 3 is 2.33 bits per heavy atom. The van der Waals surface area contributed by atoms with Crippen LogP contribution < -0.4 is 0 Å². The largest absolute Gasteiger partial charge is 0.298 e. The van der Waals surface area contributed by atoms with Crippen molar-refractivity contribution in [3.63, 3.8) is 0 Å². The fraction of sp³-hybridized carbons (Fsp3) is 0.929. The lowest BCUT2D eigenvalue weighted by molar-refractivity contribution is -0.301. The third-order valence-corrected chi connectivity index (χ3v) is 6.95. The van der Waals surface area contributed by atoms with Gasteiger partial charge < -0.3 is 0 Å². The zero-order valence-electron chi connectivity index (χ0n) is 10.6. The Balaban J connectivity index is 2.21. The molecule has 0 aromatic heterocycles. The van der Waals surface area contributed by atoms with Gasteiger partial charge in [0.05, 0.1) is 0 Å². The lowest BCUT2D eigenvalue weighted by atomic mass is 9.22. The van der Waals surface area contributed by atoms with E-state index in [0.29, 0.717) is 17.1 Å². The van der Waals surface area contributed by atoms with Gasteiger partial charge in [-0.1, -0.05) is 34.6 Å². The van der Waals surface area contributed by atoms with Crippen LogP contribution in [0.15, 0.2) is 0 Å². The Morgan fingerprint density at radius 1 is 1.13 bits per heavy atom. The van der Waals surface area contributed by atoms with Gasteiger partial charge in [-0.3, -0.25) is 4.79 Å². The van der Waals surface area contributed by atoms with Crippen molar-refractivity contribution in [1.29, 1.82) is 0 Å². The smallest absolute Gasteiger partial charge is 0.145 e. The molecule has 0 aromatic rings. The number of ketones is 1. The van der Waals surface area contributed by atoms with Crippen molar-refractivity contribution in [2.75, 3.05) is 0 Å². The number of hydrogen-bond acceptors (Lipinski definition) is 1. The fourth-order valence-electron chi connectivity index (χ4n) is 5.60. The summed E-state index contributed by atoms with van der Waals surface area (Å²) in [5, 5.41) is 0. The van der Waals surface area contributed by atoms with E-state index in [-0.39, 0.29) is 16.2 Å². The summed E-state index contributed by atoms with van der Waals surface area (Å²) in [6.07, 6.45) is 3.54. The van der Waals surface area contributed by atoms with E-state index < -0.39 is 0 Å². The van der Waals surface area contributed by atoms with Crippen LogP contribution in [-0.4, -0.2) is 5.78 Å². The van der Waals surface area contributed by atoms with E-state index in [0.717, 1.165) is 12.8 Å². The van der Waals surface area contributed by atoms with Crippen LogP contribution in [-0.2, 0) is 4.79 Å². The molecule has 0 aliphatic heterocycles. The summed E-state index contributed by atoms with van der Waals surface area (Å²) >= 11 is 0. The quantitative estimate of drug-likeness (QED) is 0.593. The van der Waals surface area contributed by atoms with Crippen LogP contribution >= 0.6 is 0 Å². The molecule has 0 N–H and O–H groups in total. The Morgan fingerprint density at radius 2 is 1.73 bits per heavy atom. The predicted molar refractivity (Wildman–Crippen MR) is 60.5 cm³/mol. The van der Waals surface area contributed by atoms with Crippen LogP contribution in [0.1, 0.15) is 53.9 Å². The molecule has 15 heavy (non-hydrogen) atoms. The summed E-state index contributed by atoms with van der Waals surface area (Å²) in [6, 6.07) is 0. The molecule has 0 amide bonds. The van der Waals surface area contributed by atoms with Crippen LogP contribution in [0.2, 0.25) is 0 Å². The first-order valence-corrected chi connectivity index (χ1v) is 6.25. The summed E-state index contributed by atoms with van der Waals surface area (Å²) in [5.74, 6) is 1.23. The van der Waals surface area contributed by atoms with E-state index in [4.69, 9.17) is 0 Å². The van der Waals surface area contributed by atoms with Gasteiger partial charge in [0, 0.05) is 10.8 Å². The van der Waals surface area contributed by atoms with Gasteiger partial charge in [-0.25, -0.2) is 0 Å². The minimum absolute atomic E-state index is 0.00771. The second-order valence-electron chi connectivity index (χ2n) is 7.40. The zero-order valence-corrected chi connectivity index (χ0v) is 10.6. The molecule has 4 bridgehead atoms. The number of carbonyl (C=O) groups is 1. The molecular weight excluding hydrogens is 184 g/mol. The van der Waals surface area contributed by atoms with Crippen LogP contribution in [0.4, 0.5) is 0 Å². The third-order valence-electron chi connectivity index (χ3n) is 6.95. The van der Waals surface area contributed by atoms with E-state index in [1.54, 1.807) is 0 Å². The molecule has 1 heteroatoms. The molecular formula is C14H22O. The average molecular weight is 206 g/mol. The number of hydrogen-bond donors (Lipinski definition) is 0. The highest BCUT2D eigenvalue weighted by Gasteiger charge is 2.81. The van der Waals surface area contributed by atoms with Gasteiger partial charge in [0.25, 0.3) is 0 Å². The minimum Gasteiger partial charge on any atom is -0.298 e. The molecule has 0 aromatic carbocycles. The van der Waals surface area contributed by atoms with E-state index in [2.05, 4.69) is 34.6 Å². The maximum absolute atomic E-state index is 12.6. The van der Waals surface area contributed by atoms with Crippen molar-refractivity contribution in [1.82, 2.24) is 0 Å². The first-order chi connectivity index (χ1) is 6.70. The van der Waals surface area contributed by atoms with E-state index in [9.17, 15) is 4.79 Å². The SMILES string of the molecule is CC1(C)[C@@]2(C)C(=O)[C@]3(C)CCC2[C@@]1(C)C3. The summed E-state index contributed by atoms with van der Waals surface area (Å²) in [6.45, 7) is 11.5. The highest BCUT2D eigenvalue weighted by atomic mass is 16.1. The molecule has 0 spiro atoms. The molecule has 4 atom stereocenters. The van der Waals surface area contributed by atoms with Gasteiger partial charge in [0.2, 0.25) is 0 Å². The van der Waals surface area contributed by atoms with Crippen LogP contribution in [0, 0.1) is 27.6 Å². The van der Waals surface area contributed by atoms with Crippen LogP contribution in [0.3, 0.4) is 0 Å². The molecule has 5 rings (SSSR count). The zero-order chi connectivity index (χ0) is 11.3. The molecule has 5 saturated carbocycles. The predicted octanol–water partition coefficient (Wildman–Crippen LogP) is 3.43. The monoisotopic (exact) mass is 206 g/mol. The molecule has 0 saturated heterocycles. The third kappa shape index (κ3) is 0.646. The molecule has 5 fully saturated rings. The van der Waals surface area contributed by atoms with Gasteiger partial charge in [0.1, 0.15) is 5.78 Å². The topological polar surface area (TPSA) is 17.1 Å². The summed E-state index contributed by atoms with van der Waals surface area (Å²) in [7, 11) is 0. The Hall–Kier alpha value is -0.330. The first kappa shape index (κ1) is 9.86. The van der Waals surface area contributed by atoms with Gasteiger partial charge in [-0.15, -0.1) is 0 Å². The summed E-state index contributed by atoms with van der Waals surface area (Å²) in [5.41, 5.74) is 0.616. The van der Waals surface area contributed by atoms with E-state index in [1.807, 2.05) is 0 Å². The van der Waals surface area contributed by atoms with Crippen LogP contribution in [0.25, 0.3) is 0 Å². The van der Waals surface area contributed by atoms with Crippen molar-refractivity contribution < 1.29 is 4.79 Å². The second kappa shape index (κ2) is 2.06. The molecule has 0 radical (unpaired) electrons. The normalized spacial score (nSPS) is 60.3. The summed E-state index contributed by atoms with van der Waals surface area (Å²) in [4.78, 5) is 12.6. The Bertz CT molecular complexity index is 370. The number of fused-ring (bicyclic) bond motifs is 1. The van der Waals surface area contributed by atoms with Crippen molar-refractivity contribution in [2.45, 2.75) is 53.9 Å². The molecule has 1 nitrogen and oxygen atoms in total. The summed E-state index contributed by atoms with van der Waals surface area (Å²) < 4.78 is 0. The Labute approximate surface area is 92.6 Å². The lowest BCUT2D eigenvalue weighted by Crippen LogP contribution is -2.80. The number of carbonyl (C=O) groups excluding carboxylic acids is 1. The minimum atomic E-state index is -0.0208. The van der Waals surface area contributed by atoms with Gasteiger partial charge in [0.15, 0.2) is 0 Å². The van der Waals surface area contributed by atoms with Crippen molar-refractivity contribution >= 4 is 5.78 Å². The Kier molecular flexibility index (Phi) is 1.35. The highest BCUT2D eigenvalue weighted by molar-refractivity contribution is 5.95. The molecule has 84 valence electrons. The maximum atomic E-state index is 12.6. The first-order valence-electron chi connectivity index (χ1n) is 6.25. The second-order valence-corrected chi connectivity index (χ2v) is 7.40. The van der Waals surface area contributed by atoms with Crippen molar-refractivity contribution in [2.24, 2.45) is 27.6 Å². The van der Waals surface area contributed by atoms with E-state index in [1.165, 1.54) is 6.42 Å². The fourth-order valence-corrected chi connectivity index (χ4v) is 5.60. The standard InChI is InChI=1S/C14H22O/c1-11(2)13(4)8-12(3)7-6-9(13)14(11,5)10(12)15/h9H,6-8H2,1-5H3/t9?,12-,13-,14-/m1/s1.